The molecule has 8 heteroatoms. The van der Waals surface area contributed by atoms with Crippen molar-refractivity contribution in [2.75, 3.05) is 0 Å². The number of fused-ring (bicyclic) bond motifs is 7. The minimum atomic E-state index is -1.15. The second kappa shape index (κ2) is 11.7. The number of hydrogen-bond donors (Lipinski definition) is 1. The van der Waals surface area contributed by atoms with E-state index in [1.54, 1.807) is 0 Å². The maximum atomic E-state index is 14.6. The van der Waals surface area contributed by atoms with Crippen LogP contribution in [0.2, 0.25) is 0 Å². The Kier molecular flexibility index (Phi) is 9.20. The summed E-state index contributed by atoms with van der Waals surface area (Å²) < 4.78 is 6.25. The standard InChI is InChI=1S/C38H56O7.Na/c1-33(2)27-12-15-38(7)29(36(27,5)14-13-28(33)45-31(42)23-11-9-8-10-22(23)30(40)41)26(39)20-24-25-21-35(4,32(43)44)17-16-34(25,3)18-19-37(24,38)6;/h20,22-23,25,27-29H,8-19,21H2,1-7H3,(H,40,41)(H,43,44);/q;+1/p-1/t22-,23+,25+,27+,28+,29-,34-,35+,36+,37-,38-;/m1./s1. The number of aliphatic carboxylic acids is 2. The number of rotatable bonds is 4. The third kappa shape index (κ3) is 5.05. The minimum Gasteiger partial charge on any atom is -0.550 e. The number of hydrogen-bond acceptors (Lipinski definition) is 6. The number of carbonyl (C=O) groups is 4. The van der Waals surface area contributed by atoms with E-state index in [9.17, 15) is 29.4 Å². The van der Waals surface area contributed by atoms with Crippen LogP contribution in [-0.4, -0.2) is 34.9 Å². The van der Waals surface area contributed by atoms with Gasteiger partial charge in [0.25, 0.3) is 0 Å². The molecule has 7 nitrogen and oxygen atoms in total. The van der Waals surface area contributed by atoms with Crippen molar-refractivity contribution in [2.45, 2.75) is 138 Å². The second-order valence-corrected chi connectivity index (χ2v) is 18.2. The Morgan fingerprint density at radius 1 is 0.848 bits per heavy atom. The fourth-order valence-electron chi connectivity index (χ4n) is 12.5. The molecule has 0 aromatic heterocycles. The minimum absolute atomic E-state index is 0. The topological polar surface area (TPSA) is 121 Å². The van der Waals surface area contributed by atoms with Crippen LogP contribution >= 0.6 is 0 Å². The van der Waals surface area contributed by atoms with E-state index < -0.39 is 35.2 Å². The van der Waals surface area contributed by atoms with Gasteiger partial charge >= 0.3 is 41.5 Å². The van der Waals surface area contributed by atoms with Gasteiger partial charge in [-0.3, -0.25) is 14.4 Å². The quantitative estimate of drug-likeness (QED) is 0.367. The average molecular weight is 647 g/mol. The Morgan fingerprint density at radius 3 is 2.11 bits per heavy atom. The van der Waals surface area contributed by atoms with Crippen molar-refractivity contribution in [3.63, 3.8) is 0 Å². The van der Waals surface area contributed by atoms with Gasteiger partial charge in [0.1, 0.15) is 6.10 Å². The largest absolute Gasteiger partial charge is 1.00 e. The van der Waals surface area contributed by atoms with Crippen molar-refractivity contribution in [3.8, 4) is 0 Å². The molecule has 0 radical (unpaired) electrons. The summed E-state index contributed by atoms with van der Waals surface area (Å²) in [6, 6.07) is 0. The van der Waals surface area contributed by atoms with Crippen LogP contribution in [0.25, 0.3) is 0 Å². The first kappa shape index (κ1) is 36.1. The van der Waals surface area contributed by atoms with Crippen LogP contribution in [0.4, 0.5) is 0 Å². The van der Waals surface area contributed by atoms with Crippen LogP contribution in [0.3, 0.4) is 0 Å². The van der Waals surface area contributed by atoms with Gasteiger partial charge in [0.15, 0.2) is 5.78 Å². The van der Waals surface area contributed by atoms with E-state index >= 15 is 0 Å². The molecule has 6 rings (SSSR count). The average Bonchev–Trinajstić information content (AvgIpc) is 2.96. The third-order valence-electron chi connectivity index (χ3n) is 15.7. The number of esters is 1. The smallest absolute Gasteiger partial charge is 0.550 e. The van der Waals surface area contributed by atoms with Crippen molar-refractivity contribution >= 4 is 23.7 Å². The molecule has 11 atom stereocenters. The van der Waals surface area contributed by atoms with Crippen molar-refractivity contribution in [3.05, 3.63) is 11.6 Å². The molecule has 0 bridgehead atoms. The van der Waals surface area contributed by atoms with Crippen molar-refractivity contribution < 1.29 is 63.7 Å². The first-order chi connectivity index (χ1) is 20.8. The Hall–Kier alpha value is -1.18. The monoisotopic (exact) mass is 646 g/mol. The van der Waals surface area contributed by atoms with Crippen LogP contribution in [0.15, 0.2) is 11.6 Å². The molecule has 5 saturated carbocycles. The number of ketones is 1. The zero-order chi connectivity index (χ0) is 33.0. The van der Waals surface area contributed by atoms with Gasteiger partial charge in [0.05, 0.1) is 11.3 Å². The number of carbonyl (C=O) groups excluding carboxylic acids is 3. The van der Waals surface area contributed by atoms with Crippen molar-refractivity contribution in [1.82, 2.24) is 0 Å². The molecule has 1 N–H and O–H groups in total. The second-order valence-electron chi connectivity index (χ2n) is 18.2. The maximum absolute atomic E-state index is 14.6. The summed E-state index contributed by atoms with van der Waals surface area (Å²) in [6.45, 7) is 15.6. The molecule has 0 unspecified atom stereocenters. The fraction of sp³-hybridized carbons (Fsp3) is 0.842. The molecule has 46 heavy (non-hydrogen) atoms. The van der Waals surface area contributed by atoms with E-state index in [0.29, 0.717) is 32.1 Å². The van der Waals surface area contributed by atoms with Gasteiger partial charge in [-0.2, -0.15) is 0 Å². The molecule has 5 fully saturated rings. The SMILES string of the molecule is CC1(C)[C@@H](OC(=O)[C@H]2CCCC[C@H]2C(=O)[O-])CC[C@]2(C)[C@H]3C(=O)C=C4[C@@H]5C[C@@](C)(C(=O)O)CC[C@]5(C)CC[C@@]4(C)[C@]3(C)CC[C@@H]12.[Na+]. The Bertz CT molecular complexity index is 1340. The molecule has 0 saturated heterocycles. The first-order valence-electron chi connectivity index (χ1n) is 17.7. The molecule has 0 heterocycles. The summed E-state index contributed by atoms with van der Waals surface area (Å²) in [5.41, 5.74) is -0.627. The number of ether oxygens (including phenoxy) is 1. The Morgan fingerprint density at radius 2 is 1.48 bits per heavy atom. The third-order valence-corrected chi connectivity index (χ3v) is 15.7. The first-order valence-corrected chi connectivity index (χ1v) is 17.7. The van der Waals surface area contributed by atoms with E-state index in [4.69, 9.17) is 4.74 Å². The summed E-state index contributed by atoms with van der Waals surface area (Å²) in [5, 5.41) is 22.0. The Balaban J connectivity index is 0.00000417. The van der Waals surface area contributed by atoms with E-state index in [2.05, 4.69) is 41.5 Å². The fourth-order valence-corrected chi connectivity index (χ4v) is 12.5. The number of carboxylic acid groups (broad SMARTS) is 2. The van der Waals surface area contributed by atoms with Gasteiger partial charge in [-0.1, -0.05) is 60.0 Å². The maximum Gasteiger partial charge on any atom is 1.00 e. The van der Waals surface area contributed by atoms with E-state index in [-0.39, 0.29) is 86.3 Å². The van der Waals surface area contributed by atoms with Crippen molar-refractivity contribution in [2.24, 2.45) is 62.1 Å². The van der Waals surface area contributed by atoms with Gasteiger partial charge in [-0.25, -0.2) is 0 Å². The molecule has 0 aromatic carbocycles. The molecule has 0 aliphatic heterocycles. The summed E-state index contributed by atoms with van der Waals surface area (Å²) >= 11 is 0. The zero-order valence-electron chi connectivity index (χ0n) is 29.6. The molecule has 0 amide bonds. The van der Waals surface area contributed by atoms with Crippen molar-refractivity contribution in [1.29, 1.82) is 0 Å². The van der Waals surface area contributed by atoms with E-state index in [1.807, 2.05) is 13.0 Å². The molecule has 6 aliphatic rings. The number of allylic oxidation sites excluding steroid dienone is 2. The van der Waals surface area contributed by atoms with Crippen LogP contribution in [0.5, 0.6) is 0 Å². The molecular weight excluding hydrogens is 591 g/mol. The molecule has 0 aromatic rings. The van der Waals surface area contributed by atoms with Crippen LogP contribution in [0, 0.1) is 62.1 Å². The predicted molar refractivity (Wildman–Crippen MR) is 167 cm³/mol. The molecular formula is C38H55NaO7. The van der Waals surface area contributed by atoms with Gasteiger partial charge in [-0.05, 0) is 117 Å². The summed E-state index contributed by atoms with van der Waals surface area (Å²) in [4.78, 5) is 52.3. The molecule has 6 aliphatic carbocycles. The van der Waals surface area contributed by atoms with Crippen LogP contribution in [-0.2, 0) is 23.9 Å². The van der Waals surface area contributed by atoms with E-state index in [1.165, 1.54) is 5.57 Å². The predicted octanol–water partition coefficient (Wildman–Crippen LogP) is 3.52. The Labute approximate surface area is 297 Å². The van der Waals surface area contributed by atoms with Gasteiger partial charge in [0.2, 0.25) is 0 Å². The van der Waals surface area contributed by atoms with Gasteiger partial charge < -0.3 is 19.7 Å². The summed E-state index contributed by atoms with van der Waals surface area (Å²) in [7, 11) is 0. The van der Waals surface area contributed by atoms with Crippen LogP contribution in [0.1, 0.15) is 132 Å². The summed E-state index contributed by atoms with van der Waals surface area (Å²) in [6.07, 6.45) is 11.7. The zero-order valence-corrected chi connectivity index (χ0v) is 31.6. The molecule has 250 valence electrons. The molecule has 0 spiro atoms. The summed E-state index contributed by atoms with van der Waals surface area (Å²) in [5.74, 6) is -3.41. The van der Waals surface area contributed by atoms with Gasteiger partial charge in [-0.15, -0.1) is 0 Å². The number of carboxylic acids is 2. The van der Waals surface area contributed by atoms with Gasteiger partial charge in [0, 0.05) is 23.2 Å². The normalized spacial score (nSPS) is 47.8. The van der Waals surface area contributed by atoms with Crippen LogP contribution < -0.4 is 34.7 Å². The van der Waals surface area contributed by atoms with E-state index in [0.717, 1.165) is 51.4 Å².